The summed E-state index contributed by atoms with van der Waals surface area (Å²) in [5.41, 5.74) is 2.36. The fraction of sp³-hybridized carbons (Fsp3) is 0.421. The average Bonchev–Trinajstić information content (AvgIpc) is 2.67. The molecule has 0 bridgehead atoms. The number of aryl methyl sites for hydroxylation is 1. The van der Waals surface area contributed by atoms with Crippen molar-refractivity contribution in [3.63, 3.8) is 0 Å². The summed E-state index contributed by atoms with van der Waals surface area (Å²) >= 11 is 0. The van der Waals surface area contributed by atoms with Crippen LogP contribution in [0.1, 0.15) is 18.1 Å². The topological polar surface area (TPSA) is 62.6 Å². The first-order chi connectivity index (χ1) is 12.1. The van der Waals surface area contributed by atoms with Gasteiger partial charge in [-0.1, -0.05) is 29.8 Å². The minimum Gasteiger partial charge on any atom is -0.347 e. The fourth-order valence-corrected chi connectivity index (χ4v) is 3.12. The average molecular weight is 340 g/mol. The monoisotopic (exact) mass is 340 g/mol. The summed E-state index contributed by atoms with van der Waals surface area (Å²) in [7, 11) is 0. The van der Waals surface area contributed by atoms with Gasteiger partial charge in [-0.15, -0.1) is 0 Å². The highest BCUT2D eigenvalue weighted by Gasteiger charge is 2.29. The molecule has 1 fully saturated rings. The number of amides is 1. The van der Waals surface area contributed by atoms with Gasteiger partial charge < -0.3 is 15.1 Å². The maximum absolute atomic E-state index is 12.5. The molecule has 3 rings (SSSR count). The van der Waals surface area contributed by atoms with Gasteiger partial charge in [-0.25, -0.2) is 9.97 Å². The zero-order valence-electron chi connectivity index (χ0n) is 14.9. The van der Waals surface area contributed by atoms with Crippen molar-refractivity contribution in [1.29, 1.82) is 0 Å². The van der Waals surface area contributed by atoms with Crippen molar-refractivity contribution in [2.75, 3.05) is 31.1 Å². The second-order valence-corrected chi connectivity index (χ2v) is 6.62. The molecule has 1 saturated heterocycles. The van der Waals surface area contributed by atoms with Gasteiger partial charge in [0.15, 0.2) is 6.04 Å². The van der Waals surface area contributed by atoms with Gasteiger partial charge in [0.25, 0.3) is 5.91 Å². The van der Waals surface area contributed by atoms with Gasteiger partial charge in [0, 0.05) is 18.9 Å². The largest absolute Gasteiger partial charge is 0.347 e. The number of nitrogens with zero attached hydrogens (tertiary/aromatic N) is 3. The van der Waals surface area contributed by atoms with E-state index in [1.807, 2.05) is 13.0 Å². The molecule has 25 heavy (non-hydrogen) atoms. The highest BCUT2D eigenvalue weighted by atomic mass is 16.2. The SMILES string of the molecule is Cc1ccc(CNC(=O)[C@H](C)[NH+]2CCN(c3ncccn3)CC2)cc1. The molecule has 6 nitrogen and oxygen atoms in total. The maximum atomic E-state index is 12.5. The van der Waals surface area contributed by atoms with Crippen molar-refractivity contribution in [3.05, 3.63) is 53.9 Å². The van der Waals surface area contributed by atoms with Crippen LogP contribution in [0.4, 0.5) is 5.95 Å². The number of carbonyl (C=O) groups excluding carboxylic acids is 1. The molecule has 6 heteroatoms. The number of benzene rings is 1. The van der Waals surface area contributed by atoms with Gasteiger partial charge in [-0.2, -0.15) is 0 Å². The number of hydrogen-bond acceptors (Lipinski definition) is 4. The maximum Gasteiger partial charge on any atom is 0.278 e. The summed E-state index contributed by atoms with van der Waals surface area (Å²) < 4.78 is 0. The molecule has 2 heterocycles. The minimum absolute atomic E-state index is 0.0516. The van der Waals surface area contributed by atoms with E-state index < -0.39 is 0 Å². The number of piperazine rings is 1. The zero-order valence-corrected chi connectivity index (χ0v) is 14.9. The number of carbonyl (C=O) groups is 1. The fourth-order valence-electron chi connectivity index (χ4n) is 3.12. The van der Waals surface area contributed by atoms with Crippen molar-refractivity contribution in [2.24, 2.45) is 0 Å². The third-order valence-electron chi connectivity index (χ3n) is 4.83. The Morgan fingerprint density at radius 3 is 2.48 bits per heavy atom. The summed E-state index contributed by atoms with van der Waals surface area (Å²) in [4.78, 5) is 24.6. The van der Waals surface area contributed by atoms with E-state index in [9.17, 15) is 4.79 Å². The third-order valence-corrected chi connectivity index (χ3v) is 4.83. The van der Waals surface area contributed by atoms with Crippen molar-refractivity contribution in [2.45, 2.75) is 26.4 Å². The number of nitrogens with one attached hydrogen (secondary N) is 2. The summed E-state index contributed by atoms with van der Waals surface area (Å²) in [6, 6.07) is 10.0. The van der Waals surface area contributed by atoms with E-state index in [1.165, 1.54) is 10.5 Å². The quantitative estimate of drug-likeness (QED) is 0.816. The molecule has 1 aliphatic rings. The van der Waals surface area contributed by atoms with Crippen LogP contribution in [0.3, 0.4) is 0 Å². The second-order valence-electron chi connectivity index (χ2n) is 6.62. The summed E-state index contributed by atoms with van der Waals surface area (Å²) in [5.74, 6) is 0.887. The third kappa shape index (κ3) is 4.54. The van der Waals surface area contributed by atoms with Crippen molar-refractivity contribution in [1.82, 2.24) is 15.3 Å². The van der Waals surface area contributed by atoms with Crippen LogP contribution < -0.4 is 15.1 Å². The van der Waals surface area contributed by atoms with Crippen LogP contribution >= 0.6 is 0 Å². The minimum atomic E-state index is -0.0516. The summed E-state index contributed by atoms with van der Waals surface area (Å²) in [5, 5.41) is 3.06. The van der Waals surface area contributed by atoms with Gasteiger partial charge in [0.2, 0.25) is 5.95 Å². The number of rotatable bonds is 5. The summed E-state index contributed by atoms with van der Waals surface area (Å²) in [6.45, 7) is 8.22. The normalized spacial score (nSPS) is 16.5. The van der Waals surface area contributed by atoms with Gasteiger partial charge in [-0.05, 0) is 25.5 Å². The van der Waals surface area contributed by atoms with E-state index in [4.69, 9.17) is 0 Å². The smallest absolute Gasteiger partial charge is 0.278 e. The molecule has 1 amide bonds. The van der Waals surface area contributed by atoms with Gasteiger partial charge in [0.1, 0.15) is 0 Å². The van der Waals surface area contributed by atoms with E-state index in [1.54, 1.807) is 12.4 Å². The first-order valence-corrected chi connectivity index (χ1v) is 8.83. The Hall–Kier alpha value is -2.47. The number of quaternary nitrogens is 1. The van der Waals surface area contributed by atoms with E-state index in [0.717, 1.165) is 37.7 Å². The highest BCUT2D eigenvalue weighted by molar-refractivity contribution is 5.79. The summed E-state index contributed by atoms with van der Waals surface area (Å²) in [6.07, 6.45) is 3.53. The predicted molar refractivity (Wildman–Crippen MR) is 97.4 cm³/mol. The van der Waals surface area contributed by atoms with Crippen LogP contribution in [0.2, 0.25) is 0 Å². The highest BCUT2D eigenvalue weighted by Crippen LogP contribution is 2.05. The van der Waals surface area contributed by atoms with E-state index in [0.29, 0.717) is 6.54 Å². The lowest BCUT2D eigenvalue weighted by molar-refractivity contribution is -0.914. The van der Waals surface area contributed by atoms with Crippen LogP contribution in [0, 0.1) is 6.92 Å². The molecule has 1 aromatic carbocycles. The molecule has 132 valence electrons. The molecule has 1 aliphatic heterocycles. The Morgan fingerprint density at radius 1 is 1.20 bits per heavy atom. The van der Waals surface area contributed by atoms with Crippen molar-refractivity contribution < 1.29 is 9.69 Å². The molecule has 1 atom stereocenters. The molecule has 0 saturated carbocycles. The van der Waals surface area contributed by atoms with Crippen molar-refractivity contribution >= 4 is 11.9 Å². The second kappa shape index (κ2) is 8.07. The van der Waals surface area contributed by atoms with Gasteiger partial charge in [-0.3, -0.25) is 4.79 Å². The number of aromatic nitrogens is 2. The standard InChI is InChI=1S/C19H25N5O/c1-15-4-6-17(7-5-15)14-22-18(25)16(2)23-10-12-24(13-11-23)19-20-8-3-9-21-19/h3-9,16H,10-14H2,1-2H3,(H,22,25)/p+1/t16-/m0/s1. The van der Waals surface area contributed by atoms with Crippen LogP contribution in [0.5, 0.6) is 0 Å². The predicted octanol–water partition coefficient (Wildman–Crippen LogP) is 0.195. The first-order valence-electron chi connectivity index (χ1n) is 8.83. The van der Waals surface area contributed by atoms with Crippen LogP contribution in [-0.4, -0.2) is 48.1 Å². The van der Waals surface area contributed by atoms with Crippen LogP contribution in [-0.2, 0) is 11.3 Å². The molecular weight excluding hydrogens is 314 g/mol. The lowest BCUT2D eigenvalue weighted by atomic mass is 10.1. The number of anilines is 1. The van der Waals surface area contributed by atoms with Gasteiger partial charge in [0.05, 0.1) is 26.2 Å². The lowest BCUT2D eigenvalue weighted by Crippen LogP contribution is -3.19. The van der Waals surface area contributed by atoms with E-state index in [2.05, 4.69) is 51.4 Å². The van der Waals surface area contributed by atoms with E-state index in [-0.39, 0.29) is 11.9 Å². The van der Waals surface area contributed by atoms with Crippen LogP contribution in [0.25, 0.3) is 0 Å². The molecule has 0 spiro atoms. The first kappa shape index (κ1) is 17.4. The number of hydrogen-bond donors (Lipinski definition) is 2. The molecule has 2 N–H and O–H groups in total. The molecule has 1 aromatic heterocycles. The Labute approximate surface area is 148 Å². The van der Waals surface area contributed by atoms with Crippen molar-refractivity contribution in [3.8, 4) is 0 Å². The molecule has 0 unspecified atom stereocenters. The molecular formula is C19H26N5O+. The Morgan fingerprint density at radius 2 is 1.84 bits per heavy atom. The molecule has 0 aliphatic carbocycles. The lowest BCUT2D eigenvalue weighted by Gasteiger charge is -2.34. The zero-order chi connectivity index (χ0) is 17.6. The van der Waals surface area contributed by atoms with E-state index >= 15 is 0 Å². The van der Waals surface area contributed by atoms with Crippen LogP contribution in [0.15, 0.2) is 42.7 Å². The Bertz CT molecular complexity index is 681. The molecule has 0 radical (unpaired) electrons. The Kier molecular flexibility index (Phi) is 5.60. The molecule has 2 aromatic rings. The van der Waals surface area contributed by atoms with Gasteiger partial charge >= 0.3 is 0 Å². The Balaban J connectivity index is 1.47.